The molecule has 7 nitrogen and oxygen atoms in total. The fraction of sp³-hybridized carbons (Fsp3) is 0.222. The third-order valence-corrected chi connectivity index (χ3v) is 8.41. The molecule has 1 saturated carbocycles. The quantitative estimate of drug-likeness (QED) is 0.439. The SMILES string of the molecule is Cc1ccc(S(=O)(=O)n2nc(NC3CC3)c3c2CC(c2cccnc2)(c2cccnc2)C=C3)cc1. The summed E-state index contributed by atoms with van der Waals surface area (Å²) in [6.07, 6.45) is 13.8. The predicted molar refractivity (Wildman–Crippen MR) is 135 cm³/mol. The van der Waals surface area contributed by atoms with Gasteiger partial charge in [0, 0.05) is 48.2 Å². The van der Waals surface area contributed by atoms with Crippen molar-refractivity contribution in [1.29, 1.82) is 0 Å². The molecule has 0 atom stereocenters. The molecule has 0 spiro atoms. The molecule has 1 aromatic carbocycles. The molecule has 3 aromatic heterocycles. The van der Waals surface area contributed by atoms with Gasteiger partial charge in [-0.25, -0.2) is 0 Å². The summed E-state index contributed by atoms with van der Waals surface area (Å²) in [4.78, 5) is 8.93. The second-order valence-electron chi connectivity index (χ2n) is 9.25. The number of rotatable bonds is 6. The highest BCUT2D eigenvalue weighted by atomic mass is 32.2. The van der Waals surface area contributed by atoms with Crippen LogP contribution in [0.3, 0.4) is 0 Å². The summed E-state index contributed by atoms with van der Waals surface area (Å²) < 4.78 is 28.9. The van der Waals surface area contributed by atoms with Crippen LogP contribution in [0, 0.1) is 6.92 Å². The largest absolute Gasteiger partial charge is 0.365 e. The molecule has 0 bridgehead atoms. The molecule has 4 aromatic rings. The Kier molecular flexibility index (Phi) is 5.07. The third kappa shape index (κ3) is 3.74. The van der Waals surface area contributed by atoms with Crippen molar-refractivity contribution in [2.24, 2.45) is 0 Å². The summed E-state index contributed by atoms with van der Waals surface area (Å²) in [6.45, 7) is 1.94. The molecular formula is C27H25N5O2S. The van der Waals surface area contributed by atoms with Gasteiger partial charge in [-0.3, -0.25) is 9.97 Å². The van der Waals surface area contributed by atoms with Gasteiger partial charge in [-0.15, -0.1) is 5.10 Å². The fourth-order valence-electron chi connectivity index (χ4n) is 4.68. The molecule has 3 heterocycles. The number of aryl methyl sites for hydroxylation is 1. The van der Waals surface area contributed by atoms with Crippen molar-refractivity contribution in [2.45, 2.75) is 42.5 Å². The zero-order valence-corrected chi connectivity index (χ0v) is 20.1. The first-order valence-electron chi connectivity index (χ1n) is 11.7. The first kappa shape index (κ1) is 21.7. The molecule has 1 fully saturated rings. The summed E-state index contributed by atoms with van der Waals surface area (Å²) in [6, 6.07) is 15.1. The standard InChI is InChI=1S/C27H25N5O2S/c1-19-6-10-23(11-7-19)35(33,34)32-25-16-27(20-4-2-14-28-17-20,21-5-3-15-29-18-21)13-12-24(25)26(31-32)30-22-8-9-22/h2-7,10-15,17-18,22H,8-9,16H2,1H3,(H,30,31). The molecule has 0 saturated heterocycles. The van der Waals surface area contributed by atoms with E-state index in [9.17, 15) is 8.42 Å². The Labute approximate surface area is 204 Å². The third-order valence-electron chi connectivity index (χ3n) is 6.79. The van der Waals surface area contributed by atoms with Crippen molar-refractivity contribution in [3.8, 4) is 0 Å². The van der Waals surface area contributed by atoms with Gasteiger partial charge in [-0.05, 0) is 55.2 Å². The lowest BCUT2D eigenvalue weighted by Crippen LogP contribution is -2.33. The van der Waals surface area contributed by atoms with Crippen LogP contribution in [0.4, 0.5) is 5.82 Å². The molecule has 1 N–H and O–H groups in total. The number of allylic oxidation sites excluding steroid dienone is 1. The average molecular weight is 484 g/mol. The molecule has 0 unspecified atom stereocenters. The minimum atomic E-state index is -3.91. The van der Waals surface area contributed by atoms with E-state index in [0.717, 1.165) is 35.1 Å². The molecule has 8 heteroatoms. The van der Waals surface area contributed by atoms with Crippen molar-refractivity contribution >= 4 is 21.9 Å². The fourth-order valence-corrected chi connectivity index (χ4v) is 6.01. The molecule has 0 radical (unpaired) electrons. The van der Waals surface area contributed by atoms with Crippen LogP contribution in [0.15, 0.2) is 84.3 Å². The van der Waals surface area contributed by atoms with E-state index >= 15 is 0 Å². The number of anilines is 1. The van der Waals surface area contributed by atoms with Crippen LogP contribution in [-0.2, 0) is 21.9 Å². The number of pyridine rings is 2. The zero-order chi connectivity index (χ0) is 24.0. The van der Waals surface area contributed by atoms with E-state index < -0.39 is 15.4 Å². The van der Waals surface area contributed by atoms with E-state index in [0.29, 0.717) is 24.0 Å². The Morgan fingerprint density at radius 3 is 2.20 bits per heavy atom. The second-order valence-corrected chi connectivity index (χ2v) is 11.0. The first-order valence-corrected chi connectivity index (χ1v) is 13.1. The van der Waals surface area contributed by atoms with E-state index in [1.807, 2.05) is 61.8 Å². The Morgan fingerprint density at radius 2 is 1.63 bits per heavy atom. The minimum absolute atomic E-state index is 0.217. The number of nitrogens with one attached hydrogen (secondary N) is 1. The van der Waals surface area contributed by atoms with Crippen LogP contribution in [-0.4, -0.2) is 33.6 Å². The predicted octanol–water partition coefficient (Wildman–Crippen LogP) is 4.35. The van der Waals surface area contributed by atoms with E-state index in [-0.39, 0.29) is 4.90 Å². The molecule has 2 aliphatic carbocycles. The topological polar surface area (TPSA) is 89.8 Å². The van der Waals surface area contributed by atoms with Crippen molar-refractivity contribution in [1.82, 2.24) is 19.2 Å². The van der Waals surface area contributed by atoms with Crippen LogP contribution in [0.25, 0.3) is 6.08 Å². The van der Waals surface area contributed by atoms with Crippen LogP contribution >= 0.6 is 0 Å². The van der Waals surface area contributed by atoms with Crippen molar-refractivity contribution in [2.75, 3.05) is 5.32 Å². The van der Waals surface area contributed by atoms with E-state index in [1.165, 1.54) is 4.09 Å². The number of nitrogens with zero attached hydrogens (tertiary/aromatic N) is 4. The van der Waals surface area contributed by atoms with E-state index in [4.69, 9.17) is 0 Å². The van der Waals surface area contributed by atoms with Gasteiger partial charge in [0.2, 0.25) is 0 Å². The Hall–Kier alpha value is -3.78. The van der Waals surface area contributed by atoms with Gasteiger partial charge in [0.05, 0.1) is 10.6 Å². The summed E-state index contributed by atoms with van der Waals surface area (Å²) in [5, 5.41) is 8.06. The van der Waals surface area contributed by atoms with E-state index in [2.05, 4.69) is 26.5 Å². The maximum Gasteiger partial charge on any atom is 0.283 e. The lowest BCUT2D eigenvalue weighted by molar-refractivity contribution is 0.564. The summed E-state index contributed by atoms with van der Waals surface area (Å²) in [7, 11) is -3.91. The molecule has 0 aliphatic heterocycles. The van der Waals surface area contributed by atoms with Crippen LogP contribution < -0.4 is 5.32 Å². The molecule has 176 valence electrons. The minimum Gasteiger partial charge on any atom is -0.365 e. The molecule has 0 amide bonds. The lowest BCUT2D eigenvalue weighted by atomic mass is 9.69. The molecule has 2 aliphatic rings. The van der Waals surface area contributed by atoms with Gasteiger partial charge in [0.15, 0.2) is 5.82 Å². The molecule has 6 rings (SSSR count). The smallest absolute Gasteiger partial charge is 0.283 e. The van der Waals surface area contributed by atoms with Gasteiger partial charge in [-0.2, -0.15) is 12.5 Å². The summed E-state index contributed by atoms with van der Waals surface area (Å²) in [5.74, 6) is 0.611. The highest BCUT2D eigenvalue weighted by Gasteiger charge is 2.40. The normalized spacial score (nSPS) is 16.6. The van der Waals surface area contributed by atoms with Crippen LogP contribution in [0.1, 0.15) is 40.8 Å². The number of benzene rings is 1. The number of hydrogen-bond acceptors (Lipinski definition) is 6. The zero-order valence-electron chi connectivity index (χ0n) is 19.3. The maximum absolute atomic E-state index is 13.8. The van der Waals surface area contributed by atoms with Gasteiger partial charge in [-0.1, -0.05) is 42.0 Å². The maximum atomic E-state index is 13.8. The highest BCUT2D eigenvalue weighted by Crippen LogP contribution is 2.44. The van der Waals surface area contributed by atoms with E-state index in [1.54, 1.807) is 24.5 Å². The number of aromatic nitrogens is 4. The van der Waals surface area contributed by atoms with Gasteiger partial charge in [0.1, 0.15) is 0 Å². The molecular weight excluding hydrogens is 458 g/mol. The number of hydrogen-bond donors (Lipinski definition) is 1. The highest BCUT2D eigenvalue weighted by molar-refractivity contribution is 7.89. The second kappa shape index (κ2) is 8.16. The van der Waals surface area contributed by atoms with Crippen molar-refractivity contribution < 1.29 is 8.42 Å². The van der Waals surface area contributed by atoms with Crippen molar-refractivity contribution in [3.63, 3.8) is 0 Å². The van der Waals surface area contributed by atoms with Gasteiger partial charge >= 0.3 is 0 Å². The van der Waals surface area contributed by atoms with Crippen molar-refractivity contribution in [3.05, 3.63) is 107 Å². The Bertz CT molecular complexity index is 1470. The lowest BCUT2D eigenvalue weighted by Gasteiger charge is -2.34. The average Bonchev–Trinajstić information content (AvgIpc) is 3.64. The number of fused-ring (bicyclic) bond motifs is 1. The summed E-state index contributed by atoms with van der Waals surface area (Å²) in [5.41, 5.74) is 3.75. The first-order chi connectivity index (χ1) is 17.0. The molecule has 35 heavy (non-hydrogen) atoms. The van der Waals surface area contributed by atoms with Crippen LogP contribution in [0.2, 0.25) is 0 Å². The Morgan fingerprint density at radius 1 is 0.971 bits per heavy atom. The van der Waals surface area contributed by atoms with Crippen LogP contribution in [0.5, 0.6) is 0 Å². The van der Waals surface area contributed by atoms with Gasteiger partial charge in [0.25, 0.3) is 10.0 Å². The van der Waals surface area contributed by atoms with Gasteiger partial charge < -0.3 is 5.32 Å². The summed E-state index contributed by atoms with van der Waals surface area (Å²) >= 11 is 0. The Balaban J connectivity index is 1.55. The monoisotopic (exact) mass is 483 g/mol.